The predicted octanol–water partition coefficient (Wildman–Crippen LogP) is 2.73. The number of rotatable bonds is 5. The zero-order valence-electron chi connectivity index (χ0n) is 13.1. The first-order chi connectivity index (χ1) is 11.4. The lowest BCUT2D eigenvalue weighted by atomic mass is 10.1. The molecule has 2 aromatic heterocycles. The van der Waals surface area contributed by atoms with Crippen LogP contribution in [-0.2, 0) is 11.3 Å². The topological polar surface area (TPSA) is 47.7 Å². The van der Waals surface area contributed by atoms with Crippen LogP contribution in [0.15, 0.2) is 47.4 Å². The van der Waals surface area contributed by atoms with Crippen molar-refractivity contribution in [2.75, 3.05) is 19.8 Å². The molecule has 0 spiro atoms. The van der Waals surface area contributed by atoms with Crippen molar-refractivity contribution in [3.05, 3.63) is 48.6 Å². The Bertz CT molecular complexity index is 602. The van der Waals surface area contributed by atoms with Gasteiger partial charge in [-0.2, -0.15) is 0 Å². The Morgan fingerprint density at radius 1 is 1.26 bits per heavy atom. The van der Waals surface area contributed by atoms with Crippen molar-refractivity contribution in [2.45, 2.75) is 31.5 Å². The minimum Gasteiger partial charge on any atom is -0.477 e. The Labute approximate surface area is 136 Å². The molecule has 0 radical (unpaired) electrons. The third-order valence-corrected chi connectivity index (χ3v) is 4.82. The summed E-state index contributed by atoms with van der Waals surface area (Å²) in [6, 6.07) is 8.28. The molecular formula is C18H22N2O3. The Morgan fingerprint density at radius 2 is 2.26 bits per heavy atom. The molecule has 2 aliphatic rings. The zero-order chi connectivity index (χ0) is 15.5. The molecule has 2 aromatic rings. The van der Waals surface area contributed by atoms with Crippen LogP contribution in [0.4, 0.5) is 0 Å². The molecule has 0 N–H and O–H groups in total. The van der Waals surface area contributed by atoms with E-state index in [2.05, 4.69) is 9.88 Å². The van der Waals surface area contributed by atoms with Crippen molar-refractivity contribution in [1.82, 2.24) is 9.88 Å². The number of furan rings is 1. The quantitative estimate of drug-likeness (QED) is 0.849. The van der Waals surface area contributed by atoms with Gasteiger partial charge in [0.1, 0.15) is 0 Å². The number of fused-ring (bicyclic) bond motifs is 1. The second-order valence-corrected chi connectivity index (χ2v) is 6.40. The van der Waals surface area contributed by atoms with E-state index in [-0.39, 0.29) is 0 Å². The van der Waals surface area contributed by atoms with E-state index in [9.17, 15) is 0 Å². The molecule has 3 unspecified atom stereocenters. The van der Waals surface area contributed by atoms with Gasteiger partial charge in [0.05, 0.1) is 31.8 Å². The van der Waals surface area contributed by atoms with Gasteiger partial charge in [-0.25, -0.2) is 4.98 Å². The summed E-state index contributed by atoms with van der Waals surface area (Å²) in [7, 11) is 0. The first-order valence-electron chi connectivity index (χ1n) is 8.29. The van der Waals surface area contributed by atoms with E-state index in [1.807, 2.05) is 30.5 Å². The van der Waals surface area contributed by atoms with Crippen molar-refractivity contribution in [3.8, 4) is 5.88 Å². The highest BCUT2D eigenvalue weighted by molar-refractivity contribution is 5.10. The Morgan fingerprint density at radius 3 is 3.09 bits per heavy atom. The molecule has 1 aliphatic heterocycles. The molecule has 3 heterocycles. The molecule has 3 atom stereocenters. The van der Waals surface area contributed by atoms with Gasteiger partial charge in [0.25, 0.3) is 0 Å². The van der Waals surface area contributed by atoms with Gasteiger partial charge in [-0.15, -0.1) is 0 Å². The van der Waals surface area contributed by atoms with Crippen molar-refractivity contribution in [1.29, 1.82) is 0 Å². The fourth-order valence-electron chi connectivity index (χ4n) is 3.71. The fourth-order valence-corrected chi connectivity index (χ4v) is 3.71. The molecule has 0 bridgehead atoms. The van der Waals surface area contributed by atoms with Crippen LogP contribution >= 0.6 is 0 Å². The molecule has 122 valence electrons. The van der Waals surface area contributed by atoms with E-state index in [1.54, 1.807) is 12.5 Å². The molecule has 4 rings (SSSR count). The van der Waals surface area contributed by atoms with Crippen LogP contribution in [0.1, 0.15) is 18.4 Å². The molecule has 1 aliphatic carbocycles. The van der Waals surface area contributed by atoms with Gasteiger partial charge in [-0.1, -0.05) is 6.07 Å². The molecule has 5 nitrogen and oxygen atoms in total. The highest BCUT2D eigenvalue weighted by atomic mass is 16.5. The Balaban J connectivity index is 1.35. The average molecular weight is 314 g/mol. The summed E-state index contributed by atoms with van der Waals surface area (Å²) in [6.45, 7) is 3.45. The maximum Gasteiger partial charge on any atom is 0.213 e. The number of pyridine rings is 1. The normalized spacial score (nSPS) is 27.7. The maximum atomic E-state index is 6.00. The average Bonchev–Trinajstić information content (AvgIpc) is 3.23. The molecule has 2 fully saturated rings. The van der Waals surface area contributed by atoms with Crippen molar-refractivity contribution in [3.63, 3.8) is 0 Å². The molecular weight excluding hydrogens is 292 g/mol. The van der Waals surface area contributed by atoms with Crippen LogP contribution in [-0.4, -0.2) is 41.8 Å². The van der Waals surface area contributed by atoms with Gasteiger partial charge < -0.3 is 13.9 Å². The summed E-state index contributed by atoms with van der Waals surface area (Å²) in [6.07, 6.45) is 7.86. The summed E-state index contributed by atoms with van der Waals surface area (Å²) in [5.74, 6) is 1.23. The summed E-state index contributed by atoms with van der Waals surface area (Å²) in [5, 5.41) is 0. The molecule has 1 saturated heterocycles. The van der Waals surface area contributed by atoms with Gasteiger partial charge in [0, 0.05) is 37.0 Å². The number of hydrogen-bond donors (Lipinski definition) is 0. The number of hydrogen-bond acceptors (Lipinski definition) is 5. The third-order valence-electron chi connectivity index (χ3n) is 4.82. The molecule has 0 amide bonds. The zero-order valence-corrected chi connectivity index (χ0v) is 13.1. The summed E-state index contributed by atoms with van der Waals surface area (Å²) < 4.78 is 17.0. The van der Waals surface area contributed by atoms with Crippen LogP contribution in [0.2, 0.25) is 0 Å². The predicted molar refractivity (Wildman–Crippen MR) is 85.1 cm³/mol. The maximum absolute atomic E-state index is 6.00. The minimum absolute atomic E-state index is 0.327. The second-order valence-electron chi connectivity index (χ2n) is 6.40. The number of aromatic nitrogens is 1. The van der Waals surface area contributed by atoms with E-state index < -0.39 is 0 Å². The van der Waals surface area contributed by atoms with Crippen LogP contribution in [0.3, 0.4) is 0 Å². The molecule has 0 aromatic carbocycles. The summed E-state index contributed by atoms with van der Waals surface area (Å²) in [5.41, 5.74) is 1.24. The largest absolute Gasteiger partial charge is 0.477 e. The van der Waals surface area contributed by atoms with Crippen LogP contribution in [0, 0.1) is 5.92 Å². The lowest BCUT2D eigenvalue weighted by Gasteiger charge is -2.37. The number of morpholine rings is 1. The summed E-state index contributed by atoms with van der Waals surface area (Å²) in [4.78, 5) is 6.75. The second kappa shape index (κ2) is 6.72. The number of ether oxygens (including phenoxy) is 2. The first kappa shape index (κ1) is 14.7. The fraction of sp³-hybridized carbons (Fsp3) is 0.500. The molecule has 1 saturated carbocycles. The van der Waals surface area contributed by atoms with E-state index in [0.717, 1.165) is 32.5 Å². The van der Waals surface area contributed by atoms with Gasteiger partial charge in [-0.3, -0.25) is 4.90 Å². The van der Waals surface area contributed by atoms with E-state index in [0.29, 0.717) is 30.6 Å². The van der Waals surface area contributed by atoms with Gasteiger partial charge in [0.2, 0.25) is 5.88 Å². The van der Waals surface area contributed by atoms with Gasteiger partial charge in [-0.05, 0) is 30.9 Å². The minimum atomic E-state index is 0.327. The standard InChI is InChI=1S/C18H22N2O3/c1-2-5-19-18(3-1)23-13-15-9-16-17(10-15)22-8-6-20(16)11-14-4-7-21-12-14/h1-5,7,12,15-17H,6,8-11,13H2. The van der Waals surface area contributed by atoms with Crippen molar-refractivity contribution >= 4 is 0 Å². The van der Waals surface area contributed by atoms with Gasteiger partial charge in [0.15, 0.2) is 0 Å². The van der Waals surface area contributed by atoms with Crippen molar-refractivity contribution < 1.29 is 13.9 Å². The SMILES string of the molecule is c1ccc(OCC2CC3OCCN(Cc4ccoc4)C3C2)nc1. The molecule has 23 heavy (non-hydrogen) atoms. The van der Waals surface area contributed by atoms with Crippen LogP contribution in [0.25, 0.3) is 0 Å². The Kier molecular flexibility index (Phi) is 4.30. The van der Waals surface area contributed by atoms with E-state index in [4.69, 9.17) is 13.9 Å². The highest BCUT2D eigenvalue weighted by Crippen LogP contribution is 2.35. The van der Waals surface area contributed by atoms with Crippen LogP contribution < -0.4 is 4.74 Å². The lowest BCUT2D eigenvalue weighted by Crippen LogP contribution is -2.47. The van der Waals surface area contributed by atoms with Crippen LogP contribution in [0.5, 0.6) is 5.88 Å². The van der Waals surface area contributed by atoms with E-state index in [1.165, 1.54) is 5.56 Å². The Hall–Kier alpha value is -1.85. The first-order valence-corrected chi connectivity index (χ1v) is 8.29. The lowest BCUT2D eigenvalue weighted by molar-refractivity contribution is -0.0590. The third kappa shape index (κ3) is 3.41. The summed E-state index contributed by atoms with van der Waals surface area (Å²) >= 11 is 0. The van der Waals surface area contributed by atoms with Gasteiger partial charge >= 0.3 is 0 Å². The monoisotopic (exact) mass is 314 g/mol. The smallest absolute Gasteiger partial charge is 0.213 e. The number of nitrogens with zero attached hydrogens (tertiary/aromatic N) is 2. The molecule has 5 heteroatoms. The van der Waals surface area contributed by atoms with Crippen molar-refractivity contribution in [2.24, 2.45) is 5.92 Å². The van der Waals surface area contributed by atoms with E-state index >= 15 is 0 Å². The highest BCUT2D eigenvalue weighted by Gasteiger charge is 2.41.